The lowest BCUT2D eigenvalue weighted by Gasteiger charge is -2.23. The summed E-state index contributed by atoms with van der Waals surface area (Å²) in [4.78, 5) is 17.6. The second kappa shape index (κ2) is 8.68. The Morgan fingerprint density at radius 3 is 2.88 bits per heavy atom. The van der Waals surface area contributed by atoms with E-state index in [0.29, 0.717) is 36.7 Å². The lowest BCUT2D eigenvalue weighted by molar-refractivity contribution is 0.0906. The van der Waals surface area contributed by atoms with E-state index in [-0.39, 0.29) is 12.5 Å². The number of carbonyl (C=O) groups excluding carboxylic acids is 1. The predicted molar refractivity (Wildman–Crippen MR) is 126 cm³/mol. The molecule has 3 heterocycles. The molecule has 6 nitrogen and oxygen atoms in total. The summed E-state index contributed by atoms with van der Waals surface area (Å²) in [6.45, 7) is 2.71. The molecule has 2 aromatic heterocycles. The largest absolute Gasteiger partial charge is 0.486 e. The summed E-state index contributed by atoms with van der Waals surface area (Å²) in [5.74, 6) is 0.734. The van der Waals surface area contributed by atoms with E-state index < -0.39 is 6.04 Å². The van der Waals surface area contributed by atoms with Crippen LogP contribution in [0.4, 0.5) is 0 Å². The maximum Gasteiger partial charge on any atom is 0.255 e. The number of aryl methyl sites for hydroxylation is 1. The number of fused-ring (bicyclic) bond motifs is 2. The molecule has 0 aliphatic carbocycles. The summed E-state index contributed by atoms with van der Waals surface area (Å²) in [5.41, 5.74) is 4.58. The zero-order chi connectivity index (χ0) is 22.1. The third-order valence-corrected chi connectivity index (χ3v) is 6.70. The van der Waals surface area contributed by atoms with Crippen molar-refractivity contribution in [3.8, 4) is 21.9 Å². The van der Waals surface area contributed by atoms with E-state index >= 15 is 0 Å². The van der Waals surface area contributed by atoms with Gasteiger partial charge in [-0.05, 0) is 59.7 Å². The number of ether oxygens (including phenoxy) is 2. The van der Waals surface area contributed by atoms with Crippen molar-refractivity contribution in [2.45, 2.75) is 19.4 Å². The van der Waals surface area contributed by atoms with Gasteiger partial charge in [-0.1, -0.05) is 18.2 Å². The molecule has 4 aromatic rings. The summed E-state index contributed by atoms with van der Waals surface area (Å²) < 4.78 is 11.6. The molecule has 0 spiro atoms. The van der Waals surface area contributed by atoms with E-state index in [1.807, 2.05) is 49.5 Å². The second-order valence-electron chi connectivity index (χ2n) is 7.95. The molecule has 164 valence electrons. The third-order valence-electron chi connectivity index (χ3n) is 5.60. The van der Waals surface area contributed by atoms with Crippen molar-refractivity contribution in [1.29, 1.82) is 0 Å². The summed E-state index contributed by atoms with van der Waals surface area (Å²) in [6, 6.07) is 13.4. The Morgan fingerprint density at radius 1 is 1.22 bits per heavy atom. The summed E-state index contributed by atoms with van der Waals surface area (Å²) >= 11 is 1.62. The highest BCUT2D eigenvalue weighted by molar-refractivity contribution is 7.13. The average molecular weight is 449 g/mol. The van der Waals surface area contributed by atoms with Crippen molar-refractivity contribution in [1.82, 2.24) is 10.3 Å². The molecule has 1 amide bonds. The van der Waals surface area contributed by atoms with Gasteiger partial charge < -0.3 is 24.9 Å². The Morgan fingerprint density at radius 2 is 2.06 bits per heavy atom. The van der Waals surface area contributed by atoms with Crippen molar-refractivity contribution >= 4 is 28.1 Å². The highest BCUT2D eigenvalue weighted by Crippen LogP contribution is 2.40. The van der Waals surface area contributed by atoms with E-state index in [1.54, 1.807) is 11.3 Å². The maximum absolute atomic E-state index is 13.3. The number of nitrogens with one attached hydrogen (secondary N) is 2. The van der Waals surface area contributed by atoms with Crippen LogP contribution in [0.3, 0.4) is 0 Å². The van der Waals surface area contributed by atoms with Crippen LogP contribution in [0.15, 0.2) is 54.0 Å². The van der Waals surface area contributed by atoms with Gasteiger partial charge >= 0.3 is 0 Å². The minimum absolute atomic E-state index is 0.172. The normalized spacial score (nSPS) is 13.8. The molecule has 0 radical (unpaired) electrons. The standard InChI is InChI=1S/C25H24N2O4S/c1-15-8-23(32-14-15)16-10-20(24-22(11-16)30-6-7-31-24)25(29)27-18(13-28)9-17-12-26-21-5-3-2-4-19(17)21/h2-5,8,10-12,14,18,26,28H,6-7,9,13H2,1H3,(H,27,29)/t18-/m1/s1. The van der Waals surface area contributed by atoms with E-state index in [1.165, 1.54) is 5.56 Å². The van der Waals surface area contributed by atoms with E-state index in [9.17, 15) is 9.90 Å². The highest BCUT2D eigenvalue weighted by Gasteiger charge is 2.25. The monoisotopic (exact) mass is 448 g/mol. The fourth-order valence-electron chi connectivity index (χ4n) is 4.04. The van der Waals surface area contributed by atoms with Crippen LogP contribution in [0.1, 0.15) is 21.5 Å². The number of rotatable bonds is 6. The number of aromatic nitrogens is 1. The van der Waals surface area contributed by atoms with E-state index in [2.05, 4.69) is 21.7 Å². The number of aromatic amines is 1. The van der Waals surface area contributed by atoms with Crippen LogP contribution in [0, 0.1) is 6.92 Å². The Kier molecular flexibility index (Phi) is 5.59. The number of thiophene rings is 1. The Labute approximate surface area is 189 Å². The Bertz CT molecular complexity index is 1280. The Balaban J connectivity index is 1.43. The molecule has 1 atom stereocenters. The molecular weight excluding hydrogens is 424 g/mol. The SMILES string of the molecule is Cc1csc(-c2cc3c(c(C(=O)N[C@@H](CO)Cc4c[nH]c5ccccc45)c2)OCCO3)c1. The number of H-pyrrole nitrogens is 1. The van der Waals surface area contributed by atoms with Crippen LogP contribution < -0.4 is 14.8 Å². The van der Waals surface area contributed by atoms with Crippen LogP contribution >= 0.6 is 11.3 Å². The lowest BCUT2D eigenvalue weighted by Crippen LogP contribution is -2.39. The van der Waals surface area contributed by atoms with Gasteiger partial charge in [-0.25, -0.2) is 0 Å². The number of amides is 1. The van der Waals surface area contributed by atoms with Crippen molar-refractivity contribution in [3.63, 3.8) is 0 Å². The van der Waals surface area contributed by atoms with Gasteiger partial charge in [0, 0.05) is 22.0 Å². The first-order valence-corrected chi connectivity index (χ1v) is 11.5. The lowest BCUT2D eigenvalue weighted by atomic mass is 10.0. The van der Waals surface area contributed by atoms with Gasteiger partial charge in [0.05, 0.1) is 18.2 Å². The van der Waals surface area contributed by atoms with Crippen molar-refractivity contribution in [2.24, 2.45) is 0 Å². The van der Waals surface area contributed by atoms with Gasteiger partial charge in [-0.3, -0.25) is 4.79 Å². The van der Waals surface area contributed by atoms with Crippen LogP contribution in [0.5, 0.6) is 11.5 Å². The maximum atomic E-state index is 13.3. The zero-order valence-corrected chi connectivity index (χ0v) is 18.5. The molecular formula is C25H24N2O4S. The molecule has 3 N–H and O–H groups in total. The number of aliphatic hydroxyl groups excluding tert-OH is 1. The number of hydrogen-bond acceptors (Lipinski definition) is 5. The fraction of sp³-hybridized carbons (Fsp3) is 0.240. The summed E-state index contributed by atoms with van der Waals surface area (Å²) in [7, 11) is 0. The number of aliphatic hydroxyl groups is 1. The van der Waals surface area contributed by atoms with E-state index in [4.69, 9.17) is 9.47 Å². The molecule has 0 bridgehead atoms. The number of benzene rings is 2. The molecule has 5 rings (SSSR count). The van der Waals surface area contributed by atoms with Gasteiger partial charge in [0.15, 0.2) is 11.5 Å². The van der Waals surface area contributed by atoms with Gasteiger partial charge in [-0.15, -0.1) is 11.3 Å². The van der Waals surface area contributed by atoms with Crippen LogP contribution in [0.25, 0.3) is 21.3 Å². The summed E-state index contributed by atoms with van der Waals surface area (Å²) in [6.07, 6.45) is 2.44. The van der Waals surface area contributed by atoms with Gasteiger partial charge in [0.1, 0.15) is 13.2 Å². The summed E-state index contributed by atoms with van der Waals surface area (Å²) in [5, 5.41) is 16.1. The van der Waals surface area contributed by atoms with Gasteiger partial charge in [-0.2, -0.15) is 0 Å². The van der Waals surface area contributed by atoms with Crippen LogP contribution in [0.2, 0.25) is 0 Å². The van der Waals surface area contributed by atoms with E-state index in [0.717, 1.165) is 26.9 Å². The first kappa shape index (κ1) is 20.6. The van der Waals surface area contributed by atoms with Gasteiger partial charge in [0.2, 0.25) is 0 Å². The van der Waals surface area contributed by atoms with Crippen molar-refractivity contribution < 1.29 is 19.4 Å². The molecule has 32 heavy (non-hydrogen) atoms. The molecule has 7 heteroatoms. The second-order valence-corrected chi connectivity index (χ2v) is 8.86. The predicted octanol–water partition coefficient (Wildman–Crippen LogP) is 4.31. The number of hydrogen-bond donors (Lipinski definition) is 3. The zero-order valence-electron chi connectivity index (χ0n) is 17.7. The topological polar surface area (TPSA) is 83.6 Å². The minimum atomic E-state index is -0.436. The van der Waals surface area contributed by atoms with Crippen molar-refractivity contribution in [2.75, 3.05) is 19.8 Å². The number of para-hydroxylation sites is 1. The number of carbonyl (C=O) groups is 1. The quantitative estimate of drug-likeness (QED) is 0.410. The molecule has 0 saturated heterocycles. The molecule has 0 fully saturated rings. The highest BCUT2D eigenvalue weighted by atomic mass is 32.1. The molecule has 1 aliphatic heterocycles. The molecule has 2 aromatic carbocycles. The average Bonchev–Trinajstić information content (AvgIpc) is 3.44. The van der Waals surface area contributed by atoms with Crippen LogP contribution in [-0.2, 0) is 6.42 Å². The van der Waals surface area contributed by atoms with Crippen molar-refractivity contribution in [3.05, 3.63) is 70.7 Å². The van der Waals surface area contributed by atoms with Gasteiger partial charge in [0.25, 0.3) is 5.91 Å². The molecule has 0 unspecified atom stereocenters. The molecule has 0 saturated carbocycles. The first-order valence-electron chi connectivity index (χ1n) is 10.6. The Hall–Kier alpha value is -3.29. The first-order chi connectivity index (χ1) is 15.6. The van der Waals surface area contributed by atoms with Crippen LogP contribution in [-0.4, -0.2) is 41.9 Å². The fourth-order valence-corrected chi connectivity index (χ4v) is 4.93. The smallest absolute Gasteiger partial charge is 0.255 e. The minimum Gasteiger partial charge on any atom is -0.486 e. The third kappa shape index (κ3) is 3.97. The molecule has 1 aliphatic rings.